The van der Waals surface area contributed by atoms with E-state index in [4.69, 9.17) is 0 Å². The van der Waals surface area contributed by atoms with E-state index in [9.17, 15) is 0 Å². The van der Waals surface area contributed by atoms with Crippen LogP contribution < -0.4 is 4.57 Å². The second-order valence-corrected chi connectivity index (χ2v) is 13.5. The van der Waals surface area contributed by atoms with Gasteiger partial charge in [0, 0.05) is 6.92 Å². The Bertz CT molecular complexity index is 634. The maximum atomic E-state index is 2.50. The van der Waals surface area contributed by atoms with Crippen LogP contribution in [0.15, 0.2) is 12.4 Å². The highest BCUT2D eigenvalue weighted by atomic mass is 15.1. The average Bonchev–Trinajstić information content (AvgIpc) is 3.33. The maximum Gasteiger partial charge on any atom is 0.253 e. The summed E-state index contributed by atoms with van der Waals surface area (Å²) in [4.78, 5) is 0. The minimum Gasteiger partial charge on any atom is -0.234 e. The Labute approximate surface area is 259 Å². The number of aromatic nitrogens is 2. The fourth-order valence-electron chi connectivity index (χ4n) is 6.50. The van der Waals surface area contributed by atoms with Gasteiger partial charge in [0.1, 0.15) is 12.4 Å². The Balaban J connectivity index is 1.86. The van der Waals surface area contributed by atoms with Crippen molar-refractivity contribution in [3.8, 4) is 0 Å². The molecule has 0 aromatic carbocycles. The van der Waals surface area contributed by atoms with Gasteiger partial charge in [-0.2, -0.15) is 0 Å². The minimum atomic E-state index is 1.20. The summed E-state index contributed by atoms with van der Waals surface area (Å²) in [5.41, 5.74) is 0. The van der Waals surface area contributed by atoms with E-state index in [1.165, 1.54) is 218 Å². The van der Waals surface area contributed by atoms with Gasteiger partial charge in [-0.05, 0) is 25.7 Å². The van der Waals surface area contributed by atoms with Crippen molar-refractivity contribution >= 4 is 0 Å². The molecule has 0 saturated heterocycles. The van der Waals surface area contributed by atoms with Crippen molar-refractivity contribution in [1.82, 2.24) is 4.57 Å². The highest BCUT2D eigenvalue weighted by Crippen LogP contribution is 2.15. The van der Waals surface area contributed by atoms with Gasteiger partial charge in [0.25, 0.3) is 5.82 Å². The zero-order valence-electron chi connectivity index (χ0n) is 28.9. The Hall–Kier alpha value is -0.790. The van der Waals surface area contributed by atoms with Gasteiger partial charge < -0.3 is 0 Å². The number of imidazole rings is 1. The molecular weight excluding hydrogens is 496 g/mol. The molecule has 0 saturated carbocycles. The van der Waals surface area contributed by atoms with E-state index in [1.807, 2.05) is 0 Å². The van der Waals surface area contributed by atoms with Gasteiger partial charge in [-0.25, -0.2) is 9.13 Å². The first-order valence-corrected chi connectivity index (χ1v) is 19.3. The molecule has 1 aromatic heterocycles. The van der Waals surface area contributed by atoms with E-state index in [0.717, 1.165) is 0 Å². The van der Waals surface area contributed by atoms with Crippen LogP contribution in [0.5, 0.6) is 0 Å². The quantitative estimate of drug-likeness (QED) is 0.0584. The monoisotopic (exact) mass is 574 g/mol. The highest BCUT2D eigenvalue weighted by molar-refractivity contribution is 4.79. The number of rotatable bonds is 33. The molecule has 0 fully saturated rings. The van der Waals surface area contributed by atoms with Crippen molar-refractivity contribution in [2.75, 3.05) is 0 Å². The van der Waals surface area contributed by atoms with Crippen LogP contribution in [0.3, 0.4) is 0 Å². The summed E-state index contributed by atoms with van der Waals surface area (Å²) in [6.45, 7) is 9.34. The molecule has 0 aliphatic rings. The third kappa shape index (κ3) is 24.4. The first-order chi connectivity index (χ1) is 20.3. The lowest BCUT2D eigenvalue weighted by Crippen LogP contribution is -2.35. The maximum absolute atomic E-state index is 2.50. The molecule has 0 bridgehead atoms. The molecule has 0 amide bonds. The first-order valence-electron chi connectivity index (χ1n) is 19.3. The summed E-state index contributed by atoms with van der Waals surface area (Å²) in [5, 5.41) is 0. The van der Waals surface area contributed by atoms with Crippen molar-refractivity contribution in [3.05, 3.63) is 18.2 Å². The Morgan fingerprint density at radius 2 is 0.707 bits per heavy atom. The first kappa shape index (κ1) is 38.2. The number of unbranched alkanes of at least 4 members (excludes halogenated alkanes) is 29. The Morgan fingerprint density at radius 1 is 0.415 bits per heavy atom. The normalized spacial score (nSPS) is 11.6. The van der Waals surface area contributed by atoms with Gasteiger partial charge in [-0.1, -0.05) is 187 Å². The topological polar surface area (TPSA) is 8.81 Å². The van der Waals surface area contributed by atoms with Crippen molar-refractivity contribution in [2.24, 2.45) is 0 Å². The molecule has 1 heterocycles. The zero-order valence-corrected chi connectivity index (χ0v) is 28.9. The van der Waals surface area contributed by atoms with Crippen molar-refractivity contribution < 1.29 is 4.57 Å². The number of hydrogen-bond donors (Lipinski definition) is 0. The molecule has 0 N–H and O–H groups in total. The van der Waals surface area contributed by atoms with Crippen LogP contribution in [0, 0.1) is 6.92 Å². The minimum absolute atomic E-state index is 1.20. The summed E-state index contributed by atoms with van der Waals surface area (Å²) in [7, 11) is 0. The lowest BCUT2D eigenvalue weighted by atomic mass is 10.0. The van der Waals surface area contributed by atoms with E-state index in [1.54, 1.807) is 0 Å². The van der Waals surface area contributed by atoms with Gasteiger partial charge in [-0.3, -0.25) is 0 Å². The summed E-state index contributed by atoms with van der Waals surface area (Å²) >= 11 is 0. The van der Waals surface area contributed by atoms with Crippen molar-refractivity contribution in [3.63, 3.8) is 0 Å². The van der Waals surface area contributed by atoms with Crippen LogP contribution in [0.25, 0.3) is 0 Å². The molecule has 0 unspecified atom stereocenters. The number of nitrogens with zero attached hydrogens (tertiary/aromatic N) is 2. The van der Waals surface area contributed by atoms with Crippen LogP contribution in [-0.4, -0.2) is 4.57 Å². The van der Waals surface area contributed by atoms with Crippen LogP contribution in [0.2, 0.25) is 0 Å². The van der Waals surface area contributed by atoms with Gasteiger partial charge >= 0.3 is 0 Å². The lowest BCUT2D eigenvalue weighted by molar-refractivity contribution is -0.702. The molecule has 0 atom stereocenters. The third-order valence-corrected chi connectivity index (χ3v) is 9.51. The predicted octanol–water partition coefficient (Wildman–Crippen LogP) is 13.2. The van der Waals surface area contributed by atoms with Gasteiger partial charge in [0.2, 0.25) is 0 Å². The zero-order chi connectivity index (χ0) is 29.5. The van der Waals surface area contributed by atoms with Gasteiger partial charge in [0.05, 0.1) is 13.1 Å². The molecule has 2 heteroatoms. The largest absolute Gasteiger partial charge is 0.253 e. The van der Waals surface area contributed by atoms with E-state index in [0.29, 0.717) is 0 Å². The van der Waals surface area contributed by atoms with Gasteiger partial charge in [0.15, 0.2) is 0 Å². The van der Waals surface area contributed by atoms with E-state index in [-0.39, 0.29) is 0 Å². The summed E-state index contributed by atoms with van der Waals surface area (Å²) < 4.78 is 4.99. The van der Waals surface area contributed by atoms with E-state index in [2.05, 4.69) is 42.3 Å². The van der Waals surface area contributed by atoms with Crippen LogP contribution in [0.4, 0.5) is 0 Å². The molecule has 0 spiro atoms. The lowest BCUT2D eigenvalue weighted by Gasteiger charge is -2.04. The smallest absolute Gasteiger partial charge is 0.234 e. The van der Waals surface area contributed by atoms with Crippen LogP contribution in [0.1, 0.15) is 219 Å². The van der Waals surface area contributed by atoms with Gasteiger partial charge in [-0.15, -0.1) is 0 Å². The molecule has 1 rings (SSSR count). The molecule has 0 radical (unpaired) electrons. The fourth-order valence-corrected chi connectivity index (χ4v) is 6.50. The van der Waals surface area contributed by atoms with Crippen molar-refractivity contribution in [2.45, 2.75) is 233 Å². The van der Waals surface area contributed by atoms with Crippen LogP contribution >= 0.6 is 0 Å². The predicted molar refractivity (Wildman–Crippen MR) is 184 cm³/mol. The van der Waals surface area contributed by atoms with E-state index >= 15 is 0 Å². The average molecular weight is 574 g/mol. The molecule has 41 heavy (non-hydrogen) atoms. The highest BCUT2D eigenvalue weighted by Gasteiger charge is 2.11. The number of hydrogen-bond acceptors (Lipinski definition) is 0. The Kier molecular flexibility index (Phi) is 28.6. The molecular formula is C39H77N2+. The molecule has 0 aliphatic carbocycles. The third-order valence-electron chi connectivity index (χ3n) is 9.51. The second-order valence-electron chi connectivity index (χ2n) is 13.5. The molecule has 1 aromatic rings. The Morgan fingerprint density at radius 3 is 1.05 bits per heavy atom. The van der Waals surface area contributed by atoms with E-state index < -0.39 is 0 Å². The number of aryl methyl sites for hydroxylation is 2. The van der Waals surface area contributed by atoms with Crippen LogP contribution in [-0.2, 0) is 13.1 Å². The molecule has 0 aliphatic heterocycles. The van der Waals surface area contributed by atoms with Crippen molar-refractivity contribution in [1.29, 1.82) is 0 Å². The molecule has 2 nitrogen and oxygen atoms in total. The second kappa shape index (κ2) is 30.7. The standard InChI is InChI=1S/C39H77N2/c1-4-6-8-10-12-14-16-18-20-22-24-26-28-30-32-34-36-41-38-37-40(39(41)3)35-33-31-29-27-25-23-21-19-17-15-13-11-9-7-5-2/h37-38H,4-36H2,1-3H3/q+1. The summed E-state index contributed by atoms with van der Waals surface area (Å²) in [6, 6.07) is 0. The molecule has 242 valence electrons. The summed E-state index contributed by atoms with van der Waals surface area (Å²) in [5.74, 6) is 1.45. The SMILES string of the molecule is CCCCCCCCCCCCCCCCCCn1cc[n+](CCCCCCCCCCCCCCCCC)c1C. The summed E-state index contributed by atoms with van der Waals surface area (Å²) in [6.07, 6.45) is 49.4. The fraction of sp³-hybridized carbons (Fsp3) is 0.923.